The molecule has 4 rings (SSSR count). The fourth-order valence-corrected chi connectivity index (χ4v) is 7.38. The Labute approximate surface area is 146 Å². The normalized spacial score (nSPS) is 55.2. The van der Waals surface area contributed by atoms with E-state index in [9.17, 15) is 15.3 Å². The fraction of sp³-hybridized carbons (Fsp3) is 0.905. The quantitative estimate of drug-likeness (QED) is 0.644. The Morgan fingerprint density at radius 2 is 1.79 bits per heavy atom. The number of allylic oxidation sites excluding steroid dienone is 1. The van der Waals surface area contributed by atoms with E-state index in [2.05, 4.69) is 19.9 Å². The molecule has 0 radical (unpaired) electrons. The number of rotatable bonds is 1. The van der Waals surface area contributed by atoms with Gasteiger partial charge >= 0.3 is 0 Å². The van der Waals surface area contributed by atoms with Crippen molar-refractivity contribution in [3.05, 3.63) is 11.6 Å². The van der Waals surface area contributed by atoms with Gasteiger partial charge in [-0.1, -0.05) is 25.5 Å². The van der Waals surface area contributed by atoms with Crippen molar-refractivity contribution in [3.63, 3.8) is 0 Å². The van der Waals surface area contributed by atoms with Crippen molar-refractivity contribution in [2.24, 2.45) is 28.6 Å². The Morgan fingerprint density at radius 3 is 2.50 bits per heavy atom. The lowest BCUT2D eigenvalue weighted by Gasteiger charge is -2.59. The number of hydrogen-bond donors (Lipinski definition) is 3. The van der Waals surface area contributed by atoms with E-state index >= 15 is 0 Å². The molecular weight excluding hydrogens is 300 g/mol. The van der Waals surface area contributed by atoms with Gasteiger partial charge in [0.25, 0.3) is 0 Å². The molecule has 4 aliphatic carbocycles. The van der Waals surface area contributed by atoms with Crippen molar-refractivity contribution >= 4 is 0 Å². The molecular formula is C21H34O3. The summed E-state index contributed by atoms with van der Waals surface area (Å²) in [4.78, 5) is 0. The monoisotopic (exact) mass is 334 g/mol. The second-order valence-electron chi connectivity index (χ2n) is 9.75. The first-order chi connectivity index (χ1) is 11.2. The van der Waals surface area contributed by atoms with Crippen molar-refractivity contribution in [2.45, 2.75) is 89.9 Å². The molecule has 4 aliphatic rings. The van der Waals surface area contributed by atoms with E-state index in [1.807, 2.05) is 0 Å². The molecule has 0 amide bonds. The highest BCUT2D eigenvalue weighted by atomic mass is 16.3. The Balaban J connectivity index is 1.68. The Bertz CT molecular complexity index is 555. The lowest BCUT2D eigenvalue weighted by Crippen LogP contribution is -2.58. The minimum Gasteiger partial charge on any atom is -0.393 e. The molecule has 0 spiro atoms. The van der Waals surface area contributed by atoms with Gasteiger partial charge in [-0.2, -0.15) is 0 Å². The maximum absolute atomic E-state index is 11.2. The van der Waals surface area contributed by atoms with Gasteiger partial charge in [0.15, 0.2) is 0 Å². The summed E-state index contributed by atoms with van der Waals surface area (Å²) in [7, 11) is 0. The highest BCUT2D eigenvalue weighted by Crippen LogP contribution is 2.67. The summed E-state index contributed by atoms with van der Waals surface area (Å²) in [6.45, 7) is 6.43. The molecule has 136 valence electrons. The molecule has 3 nitrogen and oxygen atoms in total. The fourth-order valence-electron chi connectivity index (χ4n) is 7.38. The second kappa shape index (κ2) is 5.31. The SMILES string of the molecule is CC(O)[C@]1(O)CC[C@H]2[C@@H]3CC=C4C[C@@H](O)CC[C@]4(C)[C@H]3CC[C@@]21C. The average Bonchev–Trinajstić information content (AvgIpc) is 2.81. The minimum absolute atomic E-state index is 0.151. The van der Waals surface area contributed by atoms with Gasteiger partial charge in [-0.25, -0.2) is 0 Å². The molecule has 0 saturated heterocycles. The largest absolute Gasteiger partial charge is 0.393 e. The molecule has 24 heavy (non-hydrogen) atoms. The van der Waals surface area contributed by atoms with Crippen LogP contribution in [0.3, 0.4) is 0 Å². The van der Waals surface area contributed by atoms with Crippen LogP contribution in [0.1, 0.15) is 72.1 Å². The molecule has 0 bridgehead atoms. The molecule has 0 aromatic carbocycles. The van der Waals surface area contributed by atoms with Crippen LogP contribution in [-0.4, -0.2) is 33.1 Å². The molecule has 3 saturated carbocycles. The highest BCUT2D eigenvalue weighted by molar-refractivity contribution is 5.26. The first-order valence-electron chi connectivity index (χ1n) is 10.0. The van der Waals surface area contributed by atoms with Crippen LogP contribution in [0.5, 0.6) is 0 Å². The Hall–Kier alpha value is -0.380. The first kappa shape index (κ1) is 17.1. The third kappa shape index (κ3) is 2.01. The van der Waals surface area contributed by atoms with E-state index in [0.29, 0.717) is 17.8 Å². The summed E-state index contributed by atoms with van der Waals surface area (Å²) in [5.41, 5.74) is 0.665. The molecule has 0 heterocycles. The van der Waals surface area contributed by atoms with Crippen LogP contribution in [0.4, 0.5) is 0 Å². The topological polar surface area (TPSA) is 60.7 Å². The second-order valence-corrected chi connectivity index (χ2v) is 9.75. The Kier molecular flexibility index (Phi) is 3.77. The van der Waals surface area contributed by atoms with E-state index in [1.165, 1.54) is 5.57 Å². The number of hydrogen-bond acceptors (Lipinski definition) is 3. The summed E-state index contributed by atoms with van der Waals surface area (Å²) in [5, 5.41) is 31.6. The zero-order valence-electron chi connectivity index (χ0n) is 15.5. The Morgan fingerprint density at radius 1 is 1.08 bits per heavy atom. The van der Waals surface area contributed by atoms with Crippen LogP contribution in [-0.2, 0) is 0 Å². The van der Waals surface area contributed by atoms with Crippen molar-refractivity contribution < 1.29 is 15.3 Å². The van der Waals surface area contributed by atoms with Crippen LogP contribution in [0.15, 0.2) is 11.6 Å². The average molecular weight is 335 g/mol. The first-order valence-corrected chi connectivity index (χ1v) is 10.0. The molecule has 0 aliphatic heterocycles. The van der Waals surface area contributed by atoms with Crippen LogP contribution >= 0.6 is 0 Å². The molecule has 3 fully saturated rings. The molecule has 3 heteroatoms. The third-order valence-corrected chi connectivity index (χ3v) is 8.98. The maximum atomic E-state index is 11.2. The molecule has 0 aromatic rings. The van der Waals surface area contributed by atoms with Crippen LogP contribution < -0.4 is 0 Å². The smallest absolute Gasteiger partial charge is 0.0958 e. The predicted molar refractivity (Wildman–Crippen MR) is 94.3 cm³/mol. The van der Waals surface area contributed by atoms with Gasteiger partial charge in [0.1, 0.15) is 0 Å². The highest BCUT2D eigenvalue weighted by Gasteiger charge is 2.64. The van der Waals surface area contributed by atoms with Crippen molar-refractivity contribution in [3.8, 4) is 0 Å². The molecule has 1 unspecified atom stereocenters. The number of fused-ring (bicyclic) bond motifs is 5. The predicted octanol–water partition coefficient (Wildman–Crippen LogP) is 3.42. The van der Waals surface area contributed by atoms with Gasteiger partial charge in [0.05, 0.1) is 17.8 Å². The molecule has 3 N–H and O–H groups in total. The van der Waals surface area contributed by atoms with Gasteiger partial charge < -0.3 is 15.3 Å². The lowest BCUT2D eigenvalue weighted by atomic mass is 9.46. The zero-order valence-corrected chi connectivity index (χ0v) is 15.5. The van der Waals surface area contributed by atoms with Crippen LogP contribution in [0.2, 0.25) is 0 Å². The standard InChI is InChI=1S/C21H34O3/c1-13(22)21(24)11-8-18-16-5-4-14-12-15(23)6-9-19(14,2)17(16)7-10-20(18,21)3/h4,13,15-18,22-24H,5-12H2,1-3H3/t13?,15-,16+,17-,18-,19-,20-,21+/m0/s1. The lowest BCUT2D eigenvalue weighted by molar-refractivity contribution is -0.170. The van der Waals surface area contributed by atoms with Crippen molar-refractivity contribution in [1.29, 1.82) is 0 Å². The van der Waals surface area contributed by atoms with E-state index in [1.54, 1.807) is 6.92 Å². The zero-order chi connectivity index (χ0) is 17.3. The van der Waals surface area contributed by atoms with Gasteiger partial charge in [0, 0.05) is 5.41 Å². The van der Waals surface area contributed by atoms with Gasteiger partial charge in [-0.15, -0.1) is 0 Å². The van der Waals surface area contributed by atoms with Crippen LogP contribution in [0, 0.1) is 28.6 Å². The summed E-state index contributed by atoms with van der Waals surface area (Å²) in [6, 6.07) is 0. The van der Waals surface area contributed by atoms with Gasteiger partial charge in [-0.3, -0.25) is 0 Å². The van der Waals surface area contributed by atoms with E-state index in [0.717, 1.165) is 51.4 Å². The third-order valence-electron chi connectivity index (χ3n) is 8.98. The van der Waals surface area contributed by atoms with Gasteiger partial charge in [-0.05, 0) is 81.5 Å². The molecule has 0 aromatic heterocycles. The number of aliphatic hydroxyl groups excluding tert-OH is 2. The minimum atomic E-state index is -0.920. The van der Waals surface area contributed by atoms with E-state index < -0.39 is 11.7 Å². The van der Waals surface area contributed by atoms with E-state index in [4.69, 9.17) is 0 Å². The summed E-state index contributed by atoms with van der Waals surface area (Å²) < 4.78 is 0. The molecule has 8 atom stereocenters. The van der Waals surface area contributed by atoms with Crippen molar-refractivity contribution in [1.82, 2.24) is 0 Å². The summed E-state index contributed by atoms with van der Waals surface area (Å²) in [5.74, 6) is 1.82. The number of aliphatic hydroxyl groups is 3. The van der Waals surface area contributed by atoms with E-state index in [-0.39, 0.29) is 16.9 Å². The summed E-state index contributed by atoms with van der Waals surface area (Å²) >= 11 is 0. The van der Waals surface area contributed by atoms with Crippen molar-refractivity contribution in [2.75, 3.05) is 0 Å². The van der Waals surface area contributed by atoms with Gasteiger partial charge in [0.2, 0.25) is 0 Å². The summed E-state index contributed by atoms with van der Waals surface area (Å²) in [6.07, 6.45) is 9.56. The maximum Gasteiger partial charge on any atom is 0.0958 e. The van der Waals surface area contributed by atoms with Crippen LogP contribution in [0.25, 0.3) is 0 Å².